The molecule has 2 N–H and O–H groups in total. The second-order valence-electron chi connectivity index (χ2n) is 4.39. The lowest BCUT2D eigenvalue weighted by Gasteiger charge is -2.09. The van der Waals surface area contributed by atoms with E-state index in [2.05, 4.69) is 4.72 Å². The smallest absolute Gasteiger partial charge is 0.446 e. The summed E-state index contributed by atoms with van der Waals surface area (Å²) in [6.07, 6.45) is 0. The van der Waals surface area contributed by atoms with Gasteiger partial charge < -0.3 is 9.83 Å². The van der Waals surface area contributed by atoms with E-state index in [1.54, 1.807) is 0 Å². The van der Waals surface area contributed by atoms with Crippen molar-refractivity contribution >= 4 is 46.0 Å². The van der Waals surface area contributed by atoms with Gasteiger partial charge in [-0.1, -0.05) is 11.6 Å². The molecule has 2 aromatic carbocycles. The first kappa shape index (κ1) is 18.6. The molecule has 10 heteroatoms. The molecule has 0 aliphatic carbocycles. The third-order valence-corrected chi connectivity index (χ3v) is 4.85. The summed E-state index contributed by atoms with van der Waals surface area (Å²) in [7, 11) is -1.80. The van der Waals surface area contributed by atoms with Crippen LogP contribution in [0.15, 0.2) is 52.3 Å². The van der Waals surface area contributed by atoms with Gasteiger partial charge in [0.15, 0.2) is 0 Å². The molecule has 0 bridgehead atoms. The van der Waals surface area contributed by atoms with Crippen LogP contribution in [0.5, 0.6) is 0 Å². The van der Waals surface area contributed by atoms with Gasteiger partial charge in [0.05, 0.1) is 15.5 Å². The molecule has 2 aromatic rings. The lowest BCUT2D eigenvalue weighted by molar-refractivity contribution is -0.0328. The van der Waals surface area contributed by atoms with Crippen LogP contribution in [0.4, 0.5) is 18.9 Å². The summed E-state index contributed by atoms with van der Waals surface area (Å²) in [5.41, 5.74) is -4.25. The minimum absolute atomic E-state index is 0.00140. The molecule has 1 atom stereocenters. The zero-order chi connectivity index (χ0) is 17.9. The van der Waals surface area contributed by atoms with Gasteiger partial charge in [0.1, 0.15) is 11.0 Å². The van der Waals surface area contributed by atoms with Crippen molar-refractivity contribution in [3.63, 3.8) is 0 Å². The molecule has 1 unspecified atom stereocenters. The number of carboxylic acids is 1. The number of alkyl halides is 3. The molecule has 2 rings (SSSR count). The lowest BCUT2D eigenvalue weighted by Crippen LogP contribution is -2.07. The molecule has 0 saturated heterocycles. The first-order valence-corrected chi connectivity index (χ1v) is 8.57. The van der Waals surface area contributed by atoms with Crippen molar-refractivity contribution in [3.05, 3.63) is 53.1 Å². The maximum atomic E-state index is 12.2. The fourth-order valence-corrected chi connectivity index (χ4v) is 3.30. The molecule has 0 fully saturated rings. The maximum Gasteiger partial charge on any atom is 0.446 e. The highest BCUT2D eigenvalue weighted by molar-refractivity contribution is 8.00. The average Bonchev–Trinajstić information content (AvgIpc) is 2.48. The van der Waals surface area contributed by atoms with Crippen LogP contribution in [0, 0.1) is 0 Å². The van der Waals surface area contributed by atoms with E-state index in [-0.39, 0.29) is 32.1 Å². The zero-order valence-corrected chi connectivity index (χ0v) is 14.0. The molecule has 4 nitrogen and oxygen atoms in total. The van der Waals surface area contributed by atoms with E-state index < -0.39 is 22.5 Å². The predicted octanol–water partition coefficient (Wildman–Crippen LogP) is 4.78. The van der Waals surface area contributed by atoms with E-state index in [4.69, 9.17) is 16.7 Å². The van der Waals surface area contributed by atoms with E-state index in [0.29, 0.717) is 5.69 Å². The molecule has 0 amide bonds. The Morgan fingerprint density at radius 1 is 1.17 bits per heavy atom. The number of aromatic carboxylic acids is 1. The maximum absolute atomic E-state index is 12.2. The Kier molecular flexibility index (Phi) is 5.79. The Balaban J connectivity index is 2.12. The largest absolute Gasteiger partial charge is 0.478 e. The summed E-state index contributed by atoms with van der Waals surface area (Å²) in [5.74, 6) is -1.26. The van der Waals surface area contributed by atoms with Gasteiger partial charge >= 0.3 is 11.5 Å². The number of halogens is 4. The second kappa shape index (κ2) is 7.45. The normalized spacial score (nSPS) is 12.7. The van der Waals surface area contributed by atoms with Gasteiger partial charge in [0, 0.05) is 10.6 Å². The Hall–Kier alpha value is -1.71. The SMILES string of the molecule is O=C(O)c1cc(S(=O)Nc2ccc(SC(F)(F)F)cc2)ccc1Cl. The van der Waals surface area contributed by atoms with E-state index in [1.165, 1.54) is 42.5 Å². The van der Waals surface area contributed by atoms with Gasteiger partial charge in [-0.05, 0) is 54.2 Å². The molecule has 24 heavy (non-hydrogen) atoms. The Labute approximate surface area is 146 Å². The highest BCUT2D eigenvalue weighted by Crippen LogP contribution is 2.37. The van der Waals surface area contributed by atoms with Crippen molar-refractivity contribution in [1.29, 1.82) is 0 Å². The van der Waals surface area contributed by atoms with Crippen LogP contribution >= 0.6 is 23.4 Å². The summed E-state index contributed by atoms with van der Waals surface area (Å²) >= 11 is 5.48. The number of anilines is 1. The molecular formula is C14H9ClF3NO3S2. The van der Waals surface area contributed by atoms with Crippen LogP contribution in [-0.4, -0.2) is 20.8 Å². The summed E-state index contributed by atoms with van der Waals surface area (Å²) in [4.78, 5) is 11.2. The van der Waals surface area contributed by atoms with Crippen LogP contribution in [0.3, 0.4) is 0 Å². The van der Waals surface area contributed by atoms with Crippen LogP contribution in [0.25, 0.3) is 0 Å². The first-order chi connectivity index (χ1) is 11.2. The van der Waals surface area contributed by atoms with Gasteiger partial charge in [-0.3, -0.25) is 0 Å². The molecule has 0 saturated carbocycles. The number of carbonyl (C=O) groups is 1. The molecule has 0 aliphatic heterocycles. The fourth-order valence-electron chi connectivity index (χ4n) is 1.67. The number of thioether (sulfide) groups is 1. The Morgan fingerprint density at radius 2 is 1.79 bits per heavy atom. The van der Waals surface area contributed by atoms with Crippen LogP contribution in [0.1, 0.15) is 10.4 Å². The van der Waals surface area contributed by atoms with Gasteiger partial charge in [-0.15, -0.1) is 0 Å². The molecule has 128 valence electrons. The van der Waals surface area contributed by atoms with Crippen molar-refractivity contribution in [2.75, 3.05) is 4.72 Å². The van der Waals surface area contributed by atoms with Crippen molar-refractivity contribution in [2.24, 2.45) is 0 Å². The zero-order valence-electron chi connectivity index (χ0n) is 11.6. The minimum atomic E-state index is -4.38. The topological polar surface area (TPSA) is 66.4 Å². The van der Waals surface area contributed by atoms with Gasteiger partial charge in [-0.2, -0.15) is 13.2 Å². The van der Waals surface area contributed by atoms with E-state index in [0.717, 1.165) is 0 Å². The Morgan fingerprint density at radius 3 is 2.33 bits per heavy atom. The highest BCUT2D eigenvalue weighted by atomic mass is 35.5. The Bertz CT molecular complexity index is 782. The van der Waals surface area contributed by atoms with Crippen LogP contribution in [0.2, 0.25) is 5.02 Å². The summed E-state index contributed by atoms with van der Waals surface area (Å²) in [6.45, 7) is 0. The van der Waals surface area contributed by atoms with Crippen molar-refractivity contribution in [2.45, 2.75) is 15.3 Å². The standard InChI is InChI=1S/C14H9ClF3NO3S2/c15-12-6-5-10(7-11(12)13(20)21)24(22)19-8-1-3-9(4-2-8)23-14(16,17)18/h1-7,19H,(H,20,21). The second-order valence-corrected chi connectivity index (χ2v) is 7.15. The summed E-state index contributed by atoms with van der Waals surface area (Å²) < 4.78 is 51.5. The average molecular weight is 396 g/mol. The van der Waals surface area contributed by atoms with E-state index in [9.17, 15) is 22.2 Å². The molecule has 0 spiro atoms. The van der Waals surface area contributed by atoms with Gasteiger partial charge in [0.25, 0.3) is 0 Å². The number of hydrogen-bond donors (Lipinski definition) is 2. The molecular weight excluding hydrogens is 387 g/mol. The fraction of sp³-hybridized carbons (Fsp3) is 0.0714. The summed E-state index contributed by atoms with van der Waals surface area (Å²) in [6, 6.07) is 9.04. The van der Waals surface area contributed by atoms with Crippen molar-refractivity contribution in [1.82, 2.24) is 0 Å². The molecule has 0 aromatic heterocycles. The van der Waals surface area contributed by atoms with Gasteiger partial charge in [-0.25, -0.2) is 9.00 Å². The van der Waals surface area contributed by atoms with E-state index in [1.807, 2.05) is 0 Å². The first-order valence-electron chi connectivity index (χ1n) is 6.23. The van der Waals surface area contributed by atoms with E-state index >= 15 is 0 Å². The number of hydrogen-bond acceptors (Lipinski definition) is 3. The third-order valence-electron chi connectivity index (χ3n) is 2.68. The molecule has 0 aliphatic rings. The number of rotatable bonds is 5. The quantitative estimate of drug-likeness (QED) is 0.715. The van der Waals surface area contributed by atoms with Crippen molar-refractivity contribution < 1.29 is 27.3 Å². The summed E-state index contributed by atoms with van der Waals surface area (Å²) in [5, 5.41) is 9.00. The van der Waals surface area contributed by atoms with Crippen LogP contribution < -0.4 is 4.72 Å². The minimum Gasteiger partial charge on any atom is -0.478 e. The van der Waals surface area contributed by atoms with Gasteiger partial charge in [0.2, 0.25) is 0 Å². The monoisotopic (exact) mass is 395 g/mol. The van der Waals surface area contributed by atoms with Crippen molar-refractivity contribution in [3.8, 4) is 0 Å². The number of benzene rings is 2. The predicted molar refractivity (Wildman–Crippen MR) is 86.8 cm³/mol. The lowest BCUT2D eigenvalue weighted by atomic mass is 10.2. The molecule has 0 heterocycles. The third kappa shape index (κ3) is 5.15. The van der Waals surface area contributed by atoms with Crippen LogP contribution in [-0.2, 0) is 11.0 Å². The number of carboxylic acid groups (broad SMARTS) is 1. The number of nitrogens with one attached hydrogen (secondary N) is 1. The molecule has 0 radical (unpaired) electrons. The highest BCUT2D eigenvalue weighted by Gasteiger charge is 2.29.